The molecule has 1 aromatic heterocycles. The van der Waals surface area contributed by atoms with Crippen molar-refractivity contribution >= 4 is 11.6 Å². The molecule has 0 aliphatic heterocycles. The molecule has 0 aliphatic carbocycles. The van der Waals surface area contributed by atoms with Gasteiger partial charge in [0.15, 0.2) is 0 Å². The lowest BCUT2D eigenvalue weighted by atomic mass is 10.1. The summed E-state index contributed by atoms with van der Waals surface area (Å²) < 4.78 is 7.47. The molecule has 0 unspecified atom stereocenters. The quantitative estimate of drug-likeness (QED) is 0.721. The van der Waals surface area contributed by atoms with Crippen LogP contribution >= 0.6 is 11.6 Å². The first-order valence-electron chi connectivity index (χ1n) is 7.99. The predicted octanol–water partition coefficient (Wildman–Crippen LogP) is 4.44. The predicted molar refractivity (Wildman–Crippen MR) is 97.7 cm³/mol. The van der Waals surface area contributed by atoms with Gasteiger partial charge in [0.2, 0.25) is 0 Å². The van der Waals surface area contributed by atoms with Crippen LogP contribution in [0.2, 0.25) is 5.02 Å². The molecule has 0 aliphatic rings. The van der Waals surface area contributed by atoms with Crippen LogP contribution in [0.25, 0.3) is 16.9 Å². The zero-order valence-electron chi connectivity index (χ0n) is 13.6. The minimum atomic E-state index is 0.411. The molecule has 24 heavy (non-hydrogen) atoms. The first kappa shape index (κ1) is 16.6. The zero-order chi connectivity index (χ0) is 16.9. The maximum Gasteiger partial charge on any atom is 0.137 e. The van der Waals surface area contributed by atoms with E-state index in [0.717, 1.165) is 28.9 Å². The van der Waals surface area contributed by atoms with Crippen LogP contribution in [0, 0.1) is 0 Å². The van der Waals surface area contributed by atoms with Gasteiger partial charge >= 0.3 is 0 Å². The summed E-state index contributed by atoms with van der Waals surface area (Å²) in [7, 11) is 0. The van der Waals surface area contributed by atoms with E-state index in [-0.39, 0.29) is 0 Å². The summed E-state index contributed by atoms with van der Waals surface area (Å²) in [5.74, 6) is 0.694. The number of hydrogen-bond donors (Lipinski definition) is 1. The summed E-state index contributed by atoms with van der Waals surface area (Å²) in [6.45, 7) is 3.12. The molecule has 3 aromatic rings. The summed E-state index contributed by atoms with van der Waals surface area (Å²) >= 11 is 6.34. The van der Waals surface area contributed by atoms with Gasteiger partial charge in [-0.25, -0.2) is 4.68 Å². The van der Waals surface area contributed by atoms with Gasteiger partial charge in [0, 0.05) is 23.9 Å². The van der Waals surface area contributed by atoms with Crippen LogP contribution in [-0.2, 0) is 6.54 Å². The highest BCUT2D eigenvalue weighted by Crippen LogP contribution is 2.31. The van der Waals surface area contributed by atoms with Gasteiger partial charge in [-0.1, -0.05) is 36.7 Å². The molecule has 1 heterocycles. The number of ether oxygens (including phenoxy) is 1. The minimum absolute atomic E-state index is 0.411. The second kappa shape index (κ2) is 7.51. The van der Waals surface area contributed by atoms with E-state index >= 15 is 0 Å². The van der Waals surface area contributed by atoms with Gasteiger partial charge in [0.05, 0.1) is 23.0 Å². The molecule has 0 radical (unpaired) electrons. The molecule has 0 amide bonds. The number of hydrogen-bond acceptors (Lipinski definition) is 3. The molecule has 0 saturated carbocycles. The smallest absolute Gasteiger partial charge is 0.137 e. The molecule has 3 rings (SSSR count). The standard InChI is InChI=1S/C19H20ClN3O/c1-2-10-24-18-9-8-14(11-17(18)20)19-15(12-21)13-23(22-19)16-6-4-3-5-7-16/h3-9,11,13H,2,10,12,21H2,1H3. The Bertz CT molecular complexity index is 815. The van der Waals surface area contributed by atoms with Gasteiger partial charge in [-0.3, -0.25) is 0 Å². The van der Waals surface area contributed by atoms with Crippen molar-refractivity contribution in [2.75, 3.05) is 6.61 Å². The Morgan fingerprint density at radius 3 is 2.62 bits per heavy atom. The number of benzene rings is 2. The fourth-order valence-electron chi connectivity index (χ4n) is 2.49. The lowest BCUT2D eigenvalue weighted by molar-refractivity contribution is 0.317. The molecule has 0 bridgehead atoms. The average Bonchev–Trinajstić information content (AvgIpc) is 3.06. The van der Waals surface area contributed by atoms with E-state index in [9.17, 15) is 0 Å². The Morgan fingerprint density at radius 1 is 1.17 bits per heavy atom. The third-order valence-electron chi connectivity index (χ3n) is 3.70. The first-order valence-corrected chi connectivity index (χ1v) is 8.37. The second-order valence-electron chi connectivity index (χ2n) is 5.48. The van der Waals surface area contributed by atoms with E-state index in [1.165, 1.54) is 0 Å². The van der Waals surface area contributed by atoms with Crippen LogP contribution in [0.1, 0.15) is 18.9 Å². The number of nitrogens with two attached hydrogens (primary N) is 1. The van der Waals surface area contributed by atoms with Crippen LogP contribution in [0.15, 0.2) is 54.7 Å². The van der Waals surface area contributed by atoms with E-state index < -0.39 is 0 Å². The van der Waals surface area contributed by atoms with Gasteiger partial charge < -0.3 is 10.5 Å². The van der Waals surface area contributed by atoms with Gasteiger partial charge in [0.1, 0.15) is 5.75 Å². The van der Waals surface area contributed by atoms with Crippen molar-refractivity contribution in [2.45, 2.75) is 19.9 Å². The number of aromatic nitrogens is 2. The summed E-state index contributed by atoms with van der Waals surface area (Å²) in [4.78, 5) is 0. The van der Waals surface area contributed by atoms with E-state index in [0.29, 0.717) is 23.9 Å². The maximum atomic E-state index is 6.34. The van der Waals surface area contributed by atoms with Crippen LogP contribution in [0.4, 0.5) is 0 Å². The average molecular weight is 342 g/mol. The molecular weight excluding hydrogens is 322 g/mol. The lowest BCUT2D eigenvalue weighted by Crippen LogP contribution is -1.98. The number of nitrogens with zero attached hydrogens (tertiary/aromatic N) is 2. The molecule has 0 spiro atoms. The normalized spacial score (nSPS) is 10.8. The van der Waals surface area contributed by atoms with Crippen LogP contribution in [-0.4, -0.2) is 16.4 Å². The molecule has 2 N–H and O–H groups in total. The van der Waals surface area contributed by atoms with Crippen molar-refractivity contribution < 1.29 is 4.74 Å². The Balaban J connectivity index is 1.97. The third kappa shape index (κ3) is 3.45. The number of rotatable bonds is 6. The van der Waals surface area contributed by atoms with E-state index in [2.05, 4.69) is 6.92 Å². The molecule has 2 aromatic carbocycles. The zero-order valence-corrected chi connectivity index (χ0v) is 14.3. The highest BCUT2D eigenvalue weighted by molar-refractivity contribution is 6.32. The highest BCUT2D eigenvalue weighted by atomic mass is 35.5. The maximum absolute atomic E-state index is 6.34. The molecule has 124 valence electrons. The SMILES string of the molecule is CCCOc1ccc(-c2nn(-c3ccccc3)cc2CN)cc1Cl. The number of para-hydroxylation sites is 1. The fraction of sp³-hybridized carbons (Fsp3) is 0.211. The minimum Gasteiger partial charge on any atom is -0.492 e. The largest absolute Gasteiger partial charge is 0.492 e. The van der Waals surface area contributed by atoms with Crippen molar-refractivity contribution in [3.8, 4) is 22.7 Å². The summed E-state index contributed by atoms with van der Waals surface area (Å²) in [6.07, 6.45) is 2.90. The van der Waals surface area contributed by atoms with Crippen LogP contribution < -0.4 is 10.5 Å². The summed E-state index contributed by atoms with van der Waals surface area (Å²) in [5.41, 5.74) is 9.63. The Hall–Kier alpha value is -2.30. The van der Waals surface area contributed by atoms with Crippen LogP contribution in [0.5, 0.6) is 5.75 Å². The monoisotopic (exact) mass is 341 g/mol. The lowest BCUT2D eigenvalue weighted by Gasteiger charge is -2.08. The molecule has 4 nitrogen and oxygen atoms in total. The third-order valence-corrected chi connectivity index (χ3v) is 3.99. The van der Waals surface area contributed by atoms with Crippen molar-refractivity contribution in [2.24, 2.45) is 5.73 Å². The van der Waals surface area contributed by atoms with Crippen molar-refractivity contribution in [1.82, 2.24) is 9.78 Å². The topological polar surface area (TPSA) is 53.1 Å². The Kier molecular flexibility index (Phi) is 5.18. The van der Waals surface area contributed by atoms with Crippen LogP contribution in [0.3, 0.4) is 0 Å². The second-order valence-corrected chi connectivity index (χ2v) is 5.89. The summed E-state index contributed by atoms with van der Waals surface area (Å²) in [6, 6.07) is 15.7. The van der Waals surface area contributed by atoms with E-state index in [1.807, 2.05) is 59.4 Å². The van der Waals surface area contributed by atoms with Gasteiger partial charge in [-0.2, -0.15) is 5.10 Å². The molecular formula is C19H20ClN3O. The van der Waals surface area contributed by atoms with Gasteiger partial charge in [-0.15, -0.1) is 0 Å². The summed E-state index contributed by atoms with van der Waals surface area (Å²) in [5, 5.41) is 5.27. The fourth-order valence-corrected chi connectivity index (χ4v) is 2.73. The molecule has 0 atom stereocenters. The van der Waals surface area contributed by atoms with E-state index in [4.69, 9.17) is 27.2 Å². The molecule has 5 heteroatoms. The highest BCUT2D eigenvalue weighted by Gasteiger charge is 2.13. The Labute approximate surface area is 146 Å². The molecule has 0 fully saturated rings. The number of halogens is 1. The Morgan fingerprint density at radius 2 is 1.96 bits per heavy atom. The van der Waals surface area contributed by atoms with Gasteiger partial charge in [-0.05, 0) is 36.8 Å². The van der Waals surface area contributed by atoms with Gasteiger partial charge in [0.25, 0.3) is 0 Å². The van der Waals surface area contributed by atoms with Crippen molar-refractivity contribution in [1.29, 1.82) is 0 Å². The van der Waals surface area contributed by atoms with E-state index in [1.54, 1.807) is 0 Å². The molecule has 0 saturated heterocycles. The van der Waals surface area contributed by atoms with Crippen molar-refractivity contribution in [3.05, 3.63) is 65.3 Å². The first-order chi connectivity index (χ1) is 11.7. The van der Waals surface area contributed by atoms with Crippen molar-refractivity contribution in [3.63, 3.8) is 0 Å².